The lowest BCUT2D eigenvalue weighted by Gasteiger charge is -2.21. The van der Waals surface area contributed by atoms with Gasteiger partial charge in [-0.1, -0.05) is 48.0 Å². The number of hydrogen-bond donors (Lipinski definition) is 1. The van der Waals surface area contributed by atoms with Crippen LogP contribution in [0.5, 0.6) is 23.0 Å². The highest BCUT2D eigenvalue weighted by atomic mass is 35.5. The lowest BCUT2D eigenvalue weighted by atomic mass is 10.1. The minimum Gasteiger partial charge on any atom is -0.490 e. The van der Waals surface area contributed by atoms with Crippen LogP contribution in [0.15, 0.2) is 84.9 Å². The zero-order valence-corrected chi connectivity index (χ0v) is 23.0. The summed E-state index contributed by atoms with van der Waals surface area (Å²) in [5.74, 6) is 2.17. The topological polar surface area (TPSA) is 100 Å². The van der Waals surface area contributed by atoms with Crippen LogP contribution in [0.4, 0.5) is 5.69 Å². The van der Waals surface area contributed by atoms with Crippen molar-refractivity contribution in [3.63, 3.8) is 0 Å². The van der Waals surface area contributed by atoms with Gasteiger partial charge in [0.25, 0.3) is 5.69 Å². The Hall–Kier alpha value is -4.27. The van der Waals surface area contributed by atoms with Crippen molar-refractivity contribution >= 4 is 17.3 Å². The highest BCUT2D eigenvalue weighted by Gasteiger charge is 2.18. The van der Waals surface area contributed by atoms with Crippen molar-refractivity contribution in [1.82, 2.24) is 0 Å². The highest BCUT2D eigenvalue weighted by Crippen LogP contribution is 2.36. The zero-order chi connectivity index (χ0) is 28.5. The summed E-state index contributed by atoms with van der Waals surface area (Å²) in [6.07, 6.45) is -0.400. The van der Waals surface area contributed by atoms with E-state index in [2.05, 4.69) is 0 Å². The van der Waals surface area contributed by atoms with E-state index in [0.29, 0.717) is 41.2 Å². The Kier molecular flexibility index (Phi) is 9.83. The van der Waals surface area contributed by atoms with Gasteiger partial charge in [-0.3, -0.25) is 10.1 Å². The molecule has 0 amide bonds. The number of nitrogens with zero attached hydrogens (tertiary/aromatic N) is 1. The molecule has 208 valence electrons. The Balaban J connectivity index is 1.48. The van der Waals surface area contributed by atoms with Gasteiger partial charge in [-0.15, -0.1) is 0 Å². The first kappa shape index (κ1) is 28.7. The number of benzene rings is 4. The Morgan fingerprint density at radius 1 is 0.850 bits per heavy atom. The van der Waals surface area contributed by atoms with Crippen LogP contribution in [0.3, 0.4) is 0 Å². The molecule has 1 N–H and O–H groups in total. The Bertz CT molecular complexity index is 1450. The second kappa shape index (κ2) is 13.7. The van der Waals surface area contributed by atoms with Crippen LogP contribution in [-0.4, -0.2) is 16.6 Å². The molecule has 4 aromatic rings. The third-order valence-electron chi connectivity index (χ3n) is 6.08. The van der Waals surface area contributed by atoms with Crippen molar-refractivity contribution in [2.75, 3.05) is 6.61 Å². The molecular formula is C31H30ClNO7. The average molecular weight is 564 g/mol. The van der Waals surface area contributed by atoms with Crippen LogP contribution < -0.4 is 18.9 Å². The Morgan fingerprint density at radius 3 is 2.33 bits per heavy atom. The largest absolute Gasteiger partial charge is 0.490 e. The molecule has 0 aliphatic carbocycles. The Labute approximate surface area is 237 Å². The van der Waals surface area contributed by atoms with Gasteiger partial charge in [-0.25, -0.2) is 0 Å². The zero-order valence-electron chi connectivity index (χ0n) is 22.2. The number of ether oxygens (including phenoxy) is 4. The lowest BCUT2D eigenvalue weighted by molar-refractivity contribution is -0.385. The third-order valence-corrected chi connectivity index (χ3v) is 6.32. The number of halogens is 1. The van der Waals surface area contributed by atoms with Crippen LogP contribution in [-0.2, 0) is 19.8 Å². The first-order chi connectivity index (χ1) is 19.4. The first-order valence-electron chi connectivity index (χ1n) is 12.8. The fourth-order valence-corrected chi connectivity index (χ4v) is 4.27. The van der Waals surface area contributed by atoms with E-state index >= 15 is 0 Å². The molecule has 0 spiro atoms. The van der Waals surface area contributed by atoms with Crippen molar-refractivity contribution < 1.29 is 29.0 Å². The van der Waals surface area contributed by atoms with Crippen molar-refractivity contribution in [2.24, 2.45) is 0 Å². The van der Waals surface area contributed by atoms with Crippen molar-refractivity contribution in [1.29, 1.82) is 0 Å². The van der Waals surface area contributed by atoms with E-state index in [4.69, 9.17) is 30.5 Å². The summed E-state index contributed by atoms with van der Waals surface area (Å²) in [4.78, 5) is 10.6. The number of nitro groups is 1. The van der Waals surface area contributed by atoms with E-state index < -0.39 is 17.6 Å². The van der Waals surface area contributed by atoms with Gasteiger partial charge in [-0.05, 0) is 67.4 Å². The molecule has 1 atom stereocenters. The number of hydrogen-bond acceptors (Lipinski definition) is 7. The molecule has 4 aromatic carbocycles. The predicted octanol–water partition coefficient (Wildman–Crippen LogP) is 7.44. The van der Waals surface area contributed by atoms with E-state index in [-0.39, 0.29) is 17.9 Å². The normalized spacial score (nSPS) is 11.5. The summed E-state index contributed by atoms with van der Waals surface area (Å²) in [7, 11) is 0. The van der Waals surface area contributed by atoms with Gasteiger partial charge in [0.05, 0.1) is 23.7 Å². The van der Waals surface area contributed by atoms with E-state index in [0.717, 1.165) is 16.7 Å². The van der Waals surface area contributed by atoms with Gasteiger partial charge >= 0.3 is 0 Å². The molecule has 0 heterocycles. The fourth-order valence-electron chi connectivity index (χ4n) is 4.09. The first-order valence-corrected chi connectivity index (χ1v) is 13.1. The summed E-state index contributed by atoms with van der Waals surface area (Å²) in [5.41, 5.74) is 2.69. The van der Waals surface area contributed by atoms with E-state index in [1.807, 2.05) is 74.5 Å². The Morgan fingerprint density at radius 2 is 1.60 bits per heavy atom. The van der Waals surface area contributed by atoms with Crippen molar-refractivity contribution in [3.05, 3.63) is 122 Å². The monoisotopic (exact) mass is 563 g/mol. The molecule has 0 saturated carbocycles. The minimum atomic E-state index is -0.537. The number of rotatable bonds is 13. The van der Waals surface area contributed by atoms with Crippen molar-refractivity contribution in [3.8, 4) is 23.0 Å². The maximum Gasteiger partial charge on any atom is 0.275 e. The fraction of sp³-hybridized carbons (Fsp3) is 0.226. The van der Waals surface area contributed by atoms with Crippen molar-refractivity contribution in [2.45, 2.75) is 39.8 Å². The average Bonchev–Trinajstić information content (AvgIpc) is 2.96. The molecule has 0 aliphatic heterocycles. The molecular weight excluding hydrogens is 534 g/mol. The standard InChI is InChI=1S/C31H30ClNO7/c1-3-37-31-15-23(20-38-26-11-12-28(33(35)36)24(16-26)18-34)9-13-30(31)40-21(2)27-17-25(32)10-14-29(27)39-19-22-7-5-4-6-8-22/h4-17,21,34H,3,18-20H2,1-2H3/t21-/m1/s1. The van der Waals surface area contributed by atoms with Gasteiger partial charge in [0, 0.05) is 16.7 Å². The molecule has 0 unspecified atom stereocenters. The van der Waals surface area contributed by atoms with Crippen LogP contribution in [0.2, 0.25) is 5.02 Å². The summed E-state index contributed by atoms with van der Waals surface area (Å²) in [6, 6.07) is 25.1. The van der Waals surface area contributed by atoms with E-state index in [1.54, 1.807) is 6.07 Å². The van der Waals surface area contributed by atoms with Crippen LogP contribution in [0, 0.1) is 10.1 Å². The lowest BCUT2D eigenvalue weighted by Crippen LogP contribution is -2.08. The summed E-state index contributed by atoms with van der Waals surface area (Å²) >= 11 is 6.31. The SMILES string of the molecule is CCOc1cc(COc2ccc([N+](=O)[O-])c(CO)c2)ccc1O[C@H](C)c1cc(Cl)ccc1OCc1ccccc1. The number of aliphatic hydroxyl groups is 1. The number of nitro benzene ring substituents is 1. The third kappa shape index (κ3) is 7.43. The molecule has 9 heteroatoms. The smallest absolute Gasteiger partial charge is 0.275 e. The second-order valence-electron chi connectivity index (χ2n) is 8.93. The van der Waals surface area contributed by atoms with Gasteiger partial charge in [0.2, 0.25) is 0 Å². The minimum absolute atomic E-state index is 0.155. The van der Waals surface area contributed by atoms with Gasteiger partial charge < -0.3 is 24.1 Å². The molecule has 0 saturated heterocycles. The molecule has 8 nitrogen and oxygen atoms in total. The predicted molar refractivity (Wildman–Crippen MR) is 152 cm³/mol. The van der Waals surface area contributed by atoms with Crippen LogP contribution >= 0.6 is 11.6 Å². The second-order valence-corrected chi connectivity index (χ2v) is 9.36. The van der Waals surface area contributed by atoms with Gasteiger partial charge in [0.1, 0.15) is 30.8 Å². The molecule has 0 aliphatic rings. The highest BCUT2D eigenvalue weighted by molar-refractivity contribution is 6.30. The maximum absolute atomic E-state index is 11.1. The van der Waals surface area contributed by atoms with Gasteiger partial charge in [-0.2, -0.15) is 0 Å². The number of aliphatic hydroxyl groups excluding tert-OH is 1. The molecule has 0 bridgehead atoms. The molecule has 0 aromatic heterocycles. The van der Waals surface area contributed by atoms with E-state index in [1.165, 1.54) is 18.2 Å². The summed E-state index contributed by atoms with van der Waals surface area (Å²) in [6.45, 7) is 4.37. The molecule has 0 fully saturated rings. The summed E-state index contributed by atoms with van der Waals surface area (Å²) in [5, 5.41) is 21.2. The van der Waals surface area contributed by atoms with E-state index in [9.17, 15) is 15.2 Å². The van der Waals surface area contributed by atoms with Gasteiger partial charge in [0.15, 0.2) is 11.5 Å². The molecule has 0 radical (unpaired) electrons. The van der Waals surface area contributed by atoms with Crippen LogP contribution in [0.25, 0.3) is 0 Å². The molecule has 4 rings (SSSR count). The maximum atomic E-state index is 11.1. The molecule has 40 heavy (non-hydrogen) atoms. The summed E-state index contributed by atoms with van der Waals surface area (Å²) < 4.78 is 24.1. The quantitative estimate of drug-likeness (QED) is 0.133. The van der Waals surface area contributed by atoms with Crippen LogP contribution in [0.1, 0.15) is 42.2 Å².